The molecule has 0 radical (unpaired) electrons. The van der Waals surface area contributed by atoms with E-state index in [1.165, 1.54) is 7.11 Å². The van der Waals surface area contributed by atoms with Crippen LogP contribution in [0, 0.1) is 0 Å². The lowest BCUT2D eigenvalue weighted by molar-refractivity contribution is 0.0599. The fourth-order valence-electron chi connectivity index (χ4n) is 4.60. The standard InChI is InChI=1S/C30H25NO5/c1-35-30(34)21-13-9-20(10-14-21)18-36-23-15-11-19(12-16-23)17-22-5-4-7-25-27(29(32)33)24-6-2-3-8-26(24)31-28(22)25/h2-3,6,8-17H,4-5,7,18H2,1H3,(H,32,33). The molecule has 4 aromatic rings. The number of carbonyl (C=O) groups is 2. The highest BCUT2D eigenvalue weighted by Crippen LogP contribution is 2.36. The lowest BCUT2D eigenvalue weighted by Crippen LogP contribution is -2.13. The van der Waals surface area contributed by atoms with Gasteiger partial charge in [-0.1, -0.05) is 42.5 Å². The number of nitrogens with zero attached hydrogens (tertiary/aromatic N) is 1. The molecule has 0 saturated carbocycles. The summed E-state index contributed by atoms with van der Waals surface area (Å²) in [6.45, 7) is 0.379. The summed E-state index contributed by atoms with van der Waals surface area (Å²) in [7, 11) is 1.36. The van der Waals surface area contributed by atoms with Gasteiger partial charge in [-0.3, -0.25) is 0 Å². The molecule has 0 fully saturated rings. The van der Waals surface area contributed by atoms with E-state index in [1.54, 1.807) is 12.1 Å². The average Bonchev–Trinajstić information content (AvgIpc) is 2.91. The zero-order valence-corrected chi connectivity index (χ0v) is 19.9. The van der Waals surface area contributed by atoms with Gasteiger partial charge in [-0.15, -0.1) is 0 Å². The summed E-state index contributed by atoms with van der Waals surface area (Å²) in [6.07, 6.45) is 4.52. The van der Waals surface area contributed by atoms with Crippen LogP contribution in [0.25, 0.3) is 22.6 Å². The number of aromatic carboxylic acids is 1. The Bertz CT molecular complexity index is 1470. The summed E-state index contributed by atoms with van der Waals surface area (Å²) in [5.41, 5.74) is 6.16. The highest BCUT2D eigenvalue weighted by atomic mass is 16.5. The van der Waals surface area contributed by atoms with E-state index in [0.717, 1.165) is 46.5 Å². The number of esters is 1. The second-order valence-corrected chi connectivity index (χ2v) is 8.71. The van der Waals surface area contributed by atoms with E-state index in [4.69, 9.17) is 14.5 Å². The number of methoxy groups -OCH3 is 1. The molecular weight excluding hydrogens is 454 g/mol. The summed E-state index contributed by atoms with van der Waals surface area (Å²) in [4.78, 5) is 28.5. The van der Waals surface area contributed by atoms with Crippen LogP contribution in [0.1, 0.15) is 55.9 Å². The van der Waals surface area contributed by atoms with E-state index in [9.17, 15) is 14.7 Å². The Labute approximate surface area is 208 Å². The number of benzene rings is 3. The van der Waals surface area contributed by atoms with Gasteiger partial charge in [-0.05, 0) is 77.9 Å². The smallest absolute Gasteiger partial charge is 0.337 e. The van der Waals surface area contributed by atoms with Gasteiger partial charge < -0.3 is 14.6 Å². The average molecular weight is 480 g/mol. The first-order valence-corrected chi connectivity index (χ1v) is 11.8. The zero-order chi connectivity index (χ0) is 25.1. The number of para-hydroxylation sites is 1. The molecule has 1 aromatic heterocycles. The fourth-order valence-corrected chi connectivity index (χ4v) is 4.60. The number of hydrogen-bond acceptors (Lipinski definition) is 5. The molecule has 0 bridgehead atoms. The molecular formula is C30H25NO5. The monoisotopic (exact) mass is 479 g/mol. The van der Waals surface area contributed by atoms with Crippen LogP contribution in [0.4, 0.5) is 0 Å². The Hall–Kier alpha value is -4.45. The van der Waals surface area contributed by atoms with E-state index >= 15 is 0 Å². The molecule has 6 nitrogen and oxygen atoms in total. The fraction of sp³-hybridized carbons (Fsp3) is 0.167. The molecule has 0 amide bonds. The molecule has 0 saturated heterocycles. The van der Waals surface area contributed by atoms with Crippen molar-refractivity contribution in [2.75, 3.05) is 7.11 Å². The Morgan fingerprint density at radius 3 is 2.44 bits per heavy atom. The number of rotatable bonds is 6. The third-order valence-corrected chi connectivity index (χ3v) is 6.39. The normalized spacial score (nSPS) is 13.9. The van der Waals surface area contributed by atoms with Crippen LogP contribution in [0.5, 0.6) is 5.75 Å². The van der Waals surface area contributed by atoms with Gasteiger partial charge in [0.2, 0.25) is 0 Å². The van der Waals surface area contributed by atoms with Gasteiger partial charge in [0.25, 0.3) is 0 Å². The van der Waals surface area contributed by atoms with Crippen LogP contribution in [0.15, 0.2) is 72.8 Å². The molecule has 5 rings (SSSR count). The predicted molar refractivity (Wildman–Crippen MR) is 138 cm³/mol. The number of fused-ring (bicyclic) bond motifs is 2. The summed E-state index contributed by atoms with van der Waals surface area (Å²) in [5, 5.41) is 10.6. The molecule has 3 aromatic carbocycles. The Morgan fingerprint density at radius 1 is 0.972 bits per heavy atom. The number of ether oxygens (including phenoxy) is 2. The highest BCUT2D eigenvalue weighted by Gasteiger charge is 2.24. The second-order valence-electron chi connectivity index (χ2n) is 8.71. The quantitative estimate of drug-likeness (QED) is 0.333. The molecule has 1 aliphatic carbocycles. The molecule has 0 aliphatic heterocycles. The molecule has 1 heterocycles. The number of aromatic nitrogens is 1. The number of carboxylic acids is 1. The van der Waals surface area contributed by atoms with E-state index in [0.29, 0.717) is 35.1 Å². The first kappa shape index (κ1) is 23.3. The molecule has 6 heteroatoms. The van der Waals surface area contributed by atoms with Crippen LogP contribution in [0.2, 0.25) is 0 Å². The zero-order valence-electron chi connectivity index (χ0n) is 19.9. The molecule has 180 valence electrons. The van der Waals surface area contributed by atoms with Crippen LogP contribution < -0.4 is 4.74 Å². The van der Waals surface area contributed by atoms with Gasteiger partial charge in [0.1, 0.15) is 12.4 Å². The Kier molecular flexibility index (Phi) is 6.50. The lowest BCUT2D eigenvalue weighted by Gasteiger charge is -2.21. The summed E-state index contributed by atoms with van der Waals surface area (Å²) < 4.78 is 10.6. The van der Waals surface area contributed by atoms with Crippen LogP contribution in [-0.4, -0.2) is 29.1 Å². The van der Waals surface area contributed by atoms with Crippen molar-refractivity contribution < 1.29 is 24.2 Å². The van der Waals surface area contributed by atoms with E-state index < -0.39 is 5.97 Å². The summed E-state index contributed by atoms with van der Waals surface area (Å²) in [6, 6.07) is 22.3. The maximum Gasteiger partial charge on any atom is 0.337 e. The number of carboxylic acid groups (broad SMARTS) is 1. The van der Waals surface area contributed by atoms with Crippen molar-refractivity contribution in [2.24, 2.45) is 0 Å². The van der Waals surface area contributed by atoms with Gasteiger partial charge in [0.05, 0.1) is 29.4 Å². The molecule has 36 heavy (non-hydrogen) atoms. The highest BCUT2D eigenvalue weighted by molar-refractivity contribution is 6.05. The van der Waals surface area contributed by atoms with Gasteiger partial charge >= 0.3 is 11.9 Å². The minimum Gasteiger partial charge on any atom is -0.489 e. The molecule has 1 aliphatic rings. The van der Waals surface area contributed by atoms with E-state index in [1.807, 2.05) is 60.7 Å². The molecule has 0 unspecified atom stereocenters. The van der Waals surface area contributed by atoms with Crippen molar-refractivity contribution >= 4 is 34.5 Å². The van der Waals surface area contributed by atoms with E-state index in [-0.39, 0.29) is 5.97 Å². The number of hydrogen-bond donors (Lipinski definition) is 1. The third kappa shape index (κ3) is 4.70. The van der Waals surface area contributed by atoms with Crippen molar-refractivity contribution in [1.82, 2.24) is 4.98 Å². The Morgan fingerprint density at radius 2 is 1.72 bits per heavy atom. The maximum absolute atomic E-state index is 12.1. The topological polar surface area (TPSA) is 85.7 Å². The maximum atomic E-state index is 12.1. The molecule has 0 spiro atoms. The van der Waals surface area contributed by atoms with Crippen molar-refractivity contribution in [3.8, 4) is 5.75 Å². The second kappa shape index (κ2) is 10.0. The van der Waals surface area contributed by atoms with Crippen molar-refractivity contribution in [3.63, 3.8) is 0 Å². The SMILES string of the molecule is COC(=O)c1ccc(COc2ccc(C=C3CCCc4c3nc3ccccc3c4C(=O)O)cc2)cc1. The molecule has 1 N–H and O–H groups in total. The minimum absolute atomic E-state index is 0.365. The van der Waals surface area contributed by atoms with Gasteiger partial charge in [-0.2, -0.15) is 0 Å². The lowest BCUT2D eigenvalue weighted by atomic mass is 9.86. The van der Waals surface area contributed by atoms with Crippen molar-refractivity contribution in [1.29, 1.82) is 0 Å². The van der Waals surface area contributed by atoms with Gasteiger partial charge in [0.15, 0.2) is 0 Å². The third-order valence-electron chi connectivity index (χ3n) is 6.39. The van der Waals surface area contributed by atoms with Gasteiger partial charge in [-0.25, -0.2) is 14.6 Å². The van der Waals surface area contributed by atoms with Crippen LogP contribution >= 0.6 is 0 Å². The van der Waals surface area contributed by atoms with Gasteiger partial charge in [0, 0.05) is 5.39 Å². The first-order valence-electron chi connectivity index (χ1n) is 11.8. The predicted octanol–water partition coefficient (Wildman–Crippen LogP) is 6.18. The number of carbonyl (C=O) groups excluding carboxylic acids is 1. The number of pyridine rings is 1. The Balaban J connectivity index is 1.36. The first-order chi connectivity index (χ1) is 17.5. The van der Waals surface area contributed by atoms with Crippen molar-refractivity contribution in [2.45, 2.75) is 25.9 Å². The van der Waals surface area contributed by atoms with Crippen LogP contribution in [-0.2, 0) is 17.8 Å². The molecule has 0 atom stereocenters. The summed E-state index contributed by atoms with van der Waals surface area (Å²) >= 11 is 0. The number of allylic oxidation sites excluding steroid dienone is 1. The van der Waals surface area contributed by atoms with E-state index in [2.05, 4.69) is 6.08 Å². The largest absolute Gasteiger partial charge is 0.489 e. The van der Waals surface area contributed by atoms with Crippen LogP contribution in [0.3, 0.4) is 0 Å². The van der Waals surface area contributed by atoms with Crippen molar-refractivity contribution in [3.05, 3.63) is 106 Å². The summed E-state index contributed by atoms with van der Waals surface area (Å²) in [5.74, 6) is -0.543. The minimum atomic E-state index is -0.910.